The Morgan fingerprint density at radius 1 is 1.21 bits per heavy atom. The third-order valence-electron chi connectivity index (χ3n) is 5.43. The van der Waals surface area contributed by atoms with Crippen LogP contribution in [-0.4, -0.2) is 65.1 Å². The number of carbonyl (C=O) groups excluding carboxylic acids is 4. The SMILES string of the molecule is CC(=O)c1cccc(NC(=O)CN2C(=O)NC3(CCN(CC(C)C)CC3)C2=O)c1. The van der Waals surface area contributed by atoms with E-state index < -0.39 is 17.5 Å². The maximum absolute atomic E-state index is 13.0. The molecule has 2 aliphatic heterocycles. The summed E-state index contributed by atoms with van der Waals surface area (Å²) in [4.78, 5) is 52.5. The molecule has 1 aromatic carbocycles. The summed E-state index contributed by atoms with van der Waals surface area (Å²) >= 11 is 0. The van der Waals surface area contributed by atoms with Crippen LogP contribution in [0.15, 0.2) is 24.3 Å². The second-order valence-corrected chi connectivity index (χ2v) is 8.28. The van der Waals surface area contributed by atoms with Crippen LogP contribution in [0.3, 0.4) is 0 Å². The summed E-state index contributed by atoms with van der Waals surface area (Å²) in [6.45, 7) is 7.83. The largest absolute Gasteiger partial charge is 0.325 e. The van der Waals surface area contributed by atoms with E-state index in [2.05, 4.69) is 29.4 Å². The molecule has 1 spiro atoms. The number of piperidine rings is 1. The molecule has 0 saturated carbocycles. The number of likely N-dealkylation sites (tertiary alicyclic amines) is 1. The number of hydrogen-bond donors (Lipinski definition) is 2. The number of hydrogen-bond acceptors (Lipinski definition) is 5. The lowest BCUT2D eigenvalue weighted by Gasteiger charge is -2.37. The maximum atomic E-state index is 13.0. The first-order valence-corrected chi connectivity index (χ1v) is 9.97. The molecule has 0 aromatic heterocycles. The number of nitrogens with zero attached hydrogens (tertiary/aromatic N) is 2. The number of ketones is 1. The van der Waals surface area contributed by atoms with Crippen molar-refractivity contribution in [1.82, 2.24) is 15.1 Å². The molecule has 2 aliphatic rings. The molecular weight excluding hydrogens is 372 g/mol. The summed E-state index contributed by atoms with van der Waals surface area (Å²) in [5, 5.41) is 5.47. The maximum Gasteiger partial charge on any atom is 0.325 e. The van der Waals surface area contributed by atoms with Gasteiger partial charge in [0.1, 0.15) is 12.1 Å². The Labute approximate surface area is 170 Å². The zero-order valence-corrected chi connectivity index (χ0v) is 17.2. The lowest BCUT2D eigenvalue weighted by Crippen LogP contribution is -2.55. The highest BCUT2D eigenvalue weighted by Crippen LogP contribution is 2.29. The number of Topliss-reactive ketones (excluding diaryl/α,β-unsaturated/α-hetero) is 1. The number of amides is 4. The van der Waals surface area contributed by atoms with Crippen molar-refractivity contribution in [2.45, 2.75) is 39.2 Å². The van der Waals surface area contributed by atoms with Crippen LogP contribution in [-0.2, 0) is 9.59 Å². The Morgan fingerprint density at radius 2 is 1.90 bits per heavy atom. The van der Waals surface area contributed by atoms with Crippen molar-refractivity contribution >= 4 is 29.3 Å². The molecular formula is C21H28N4O4. The van der Waals surface area contributed by atoms with Crippen molar-refractivity contribution in [2.24, 2.45) is 5.92 Å². The summed E-state index contributed by atoms with van der Waals surface area (Å²) < 4.78 is 0. The molecule has 8 heteroatoms. The van der Waals surface area contributed by atoms with Crippen LogP contribution in [0.4, 0.5) is 10.5 Å². The van der Waals surface area contributed by atoms with E-state index >= 15 is 0 Å². The van der Waals surface area contributed by atoms with Crippen molar-refractivity contribution in [2.75, 3.05) is 31.5 Å². The smallest absolute Gasteiger partial charge is 0.325 e. The van der Waals surface area contributed by atoms with E-state index in [4.69, 9.17) is 0 Å². The van der Waals surface area contributed by atoms with Crippen LogP contribution in [0, 0.1) is 5.92 Å². The van der Waals surface area contributed by atoms with Gasteiger partial charge >= 0.3 is 6.03 Å². The topological polar surface area (TPSA) is 98.8 Å². The van der Waals surface area contributed by atoms with Crippen molar-refractivity contribution < 1.29 is 19.2 Å². The third kappa shape index (κ3) is 4.64. The van der Waals surface area contributed by atoms with E-state index in [0.29, 0.717) is 30.0 Å². The molecule has 29 heavy (non-hydrogen) atoms. The van der Waals surface area contributed by atoms with Crippen molar-refractivity contribution in [3.63, 3.8) is 0 Å². The van der Waals surface area contributed by atoms with Gasteiger partial charge in [0.15, 0.2) is 5.78 Å². The van der Waals surface area contributed by atoms with E-state index in [1.54, 1.807) is 24.3 Å². The molecule has 2 saturated heterocycles. The fourth-order valence-corrected chi connectivity index (χ4v) is 3.95. The second-order valence-electron chi connectivity index (χ2n) is 8.28. The lowest BCUT2D eigenvalue weighted by molar-refractivity contribution is -0.135. The number of urea groups is 1. The van der Waals surface area contributed by atoms with Gasteiger partial charge in [0.05, 0.1) is 0 Å². The minimum Gasteiger partial charge on any atom is -0.325 e. The lowest BCUT2D eigenvalue weighted by atomic mass is 9.87. The molecule has 0 bridgehead atoms. The number of benzene rings is 1. The van der Waals surface area contributed by atoms with E-state index in [1.807, 2.05) is 0 Å². The van der Waals surface area contributed by atoms with E-state index in [1.165, 1.54) is 6.92 Å². The standard InChI is InChI=1S/C21H28N4O4/c1-14(2)12-24-9-7-21(8-10-24)19(28)25(20(29)23-21)13-18(27)22-17-6-4-5-16(11-17)15(3)26/h4-6,11,14H,7-10,12-13H2,1-3H3,(H,22,27)(H,23,29). The van der Waals surface area contributed by atoms with E-state index in [0.717, 1.165) is 24.5 Å². The summed E-state index contributed by atoms with van der Waals surface area (Å²) in [5.74, 6) is -0.386. The highest BCUT2D eigenvalue weighted by atomic mass is 16.2. The summed E-state index contributed by atoms with van der Waals surface area (Å²) in [6, 6.07) is 6.02. The van der Waals surface area contributed by atoms with Gasteiger partial charge in [-0.3, -0.25) is 19.3 Å². The average molecular weight is 400 g/mol. The highest BCUT2D eigenvalue weighted by molar-refractivity contribution is 6.10. The molecule has 0 atom stereocenters. The van der Waals surface area contributed by atoms with E-state index in [-0.39, 0.29) is 18.2 Å². The quantitative estimate of drug-likeness (QED) is 0.561. The zero-order chi connectivity index (χ0) is 21.2. The highest BCUT2D eigenvalue weighted by Gasteiger charge is 2.52. The summed E-state index contributed by atoms with van der Waals surface area (Å²) in [5.41, 5.74) is 0.0238. The van der Waals surface area contributed by atoms with Gasteiger partial charge in [0.25, 0.3) is 5.91 Å². The van der Waals surface area contributed by atoms with Gasteiger partial charge in [-0.2, -0.15) is 0 Å². The Kier molecular flexibility index (Phi) is 6.02. The molecule has 4 amide bonds. The molecule has 8 nitrogen and oxygen atoms in total. The first kappa shape index (κ1) is 21.0. The Morgan fingerprint density at radius 3 is 2.52 bits per heavy atom. The summed E-state index contributed by atoms with van der Waals surface area (Å²) in [7, 11) is 0. The molecule has 156 valence electrons. The Hall–Kier alpha value is -2.74. The molecule has 2 fully saturated rings. The second kappa shape index (κ2) is 8.32. The molecule has 0 radical (unpaired) electrons. The van der Waals surface area contributed by atoms with Gasteiger partial charge in [0, 0.05) is 30.9 Å². The third-order valence-corrected chi connectivity index (χ3v) is 5.43. The fourth-order valence-electron chi connectivity index (χ4n) is 3.95. The molecule has 0 aliphatic carbocycles. The van der Waals surface area contributed by atoms with Crippen molar-refractivity contribution in [3.05, 3.63) is 29.8 Å². The number of anilines is 1. The van der Waals surface area contributed by atoms with Crippen LogP contribution >= 0.6 is 0 Å². The van der Waals surface area contributed by atoms with E-state index in [9.17, 15) is 19.2 Å². The minimum atomic E-state index is -0.903. The number of carbonyl (C=O) groups is 4. The van der Waals surface area contributed by atoms with Crippen LogP contribution in [0.5, 0.6) is 0 Å². The van der Waals surface area contributed by atoms with Gasteiger partial charge in [-0.05, 0) is 37.8 Å². The van der Waals surface area contributed by atoms with Gasteiger partial charge in [0.2, 0.25) is 5.91 Å². The predicted molar refractivity (Wildman–Crippen MR) is 109 cm³/mol. The van der Waals surface area contributed by atoms with Gasteiger partial charge in [-0.25, -0.2) is 4.79 Å². The van der Waals surface area contributed by atoms with Gasteiger partial charge in [-0.15, -0.1) is 0 Å². The number of rotatable bonds is 6. The summed E-state index contributed by atoms with van der Waals surface area (Å²) in [6.07, 6.45) is 1.09. The molecule has 2 heterocycles. The van der Waals surface area contributed by atoms with Crippen molar-refractivity contribution in [1.29, 1.82) is 0 Å². The normalized spacial score (nSPS) is 19.0. The predicted octanol–water partition coefficient (Wildman–Crippen LogP) is 1.87. The zero-order valence-electron chi connectivity index (χ0n) is 17.2. The molecule has 3 rings (SSSR count). The van der Waals surface area contributed by atoms with Gasteiger partial charge in [-0.1, -0.05) is 26.0 Å². The van der Waals surface area contributed by atoms with Crippen LogP contribution < -0.4 is 10.6 Å². The van der Waals surface area contributed by atoms with Crippen LogP contribution in [0.1, 0.15) is 44.0 Å². The monoisotopic (exact) mass is 400 g/mol. The minimum absolute atomic E-state index is 0.110. The Balaban J connectivity index is 1.61. The van der Waals surface area contributed by atoms with Crippen LogP contribution in [0.2, 0.25) is 0 Å². The Bertz CT molecular complexity index is 828. The molecule has 1 aromatic rings. The fraction of sp³-hybridized carbons (Fsp3) is 0.524. The molecule has 2 N–H and O–H groups in total. The van der Waals surface area contributed by atoms with Crippen molar-refractivity contribution in [3.8, 4) is 0 Å². The molecule has 0 unspecified atom stereocenters. The number of imide groups is 1. The van der Waals surface area contributed by atoms with Crippen LogP contribution in [0.25, 0.3) is 0 Å². The van der Waals surface area contributed by atoms with Gasteiger partial charge < -0.3 is 15.5 Å². The average Bonchev–Trinajstić information content (AvgIpc) is 2.88. The first-order chi connectivity index (χ1) is 13.7. The first-order valence-electron chi connectivity index (χ1n) is 9.97. The number of nitrogens with one attached hydrogen (secondary N) is 2.